The molecule has 3 rings (SSSR count). The Hall–Kier alpha value is -2.61. The minimum Gasteiger partial charge on any atom is -0.466 e. The van der Waals surface area contributed by atoms with E-state index in [1.54, 1.807) is 37.3 Å². The lowest BCUT2D eigenvalue weighted by atomic mass is 10.1. The van der Waals surface area contributed by atoms with Gasteiger partial charge in [0.05, 0.1) is 17.7 Å². The Morgan fingerprint density at radius 1 is 1.23 bits per heavy atom. The summed E-state index contributed by atoms with van der Waals surface area (Å²) < 4.78 is 30.9. The molecule has 0 aliphatic rings. The molecule has 8 nitrogen and oxygen atoms in total. The predicted molar refractivity (Wildman–Crippen MR) is 118 cm³/mol. The summed E-state index contributed by atoms with van der Waals surface area (Å²) in [6.07, 6.45) is 0.0192. The van der Waals surface area contributed by atoms with E-state index in [2.05, 4.69) is 10.1 Å². The first-order valence-electron chi connectivity index (χ1n) is 9.42. The Balaban J connectivity index is 1.90. The molecule has 10 heteroatoms. The average molecular weight is 449 g/mol. The topological polar surface area (TPSA) is 113 Å². The zero-order valence-corrected chi connectivity index (χ0v) is 18.7. The number of rotatable bonds is 9. The van der Waals surface area contributed by atoms with Gasteiger partial charge in [-0.05, 0) is 50.1 Å². The van der Waals surface area contributed by atoms with E-state index in [1.807, 2.05) is 19.9 Å². The second-order valence-corrected chi connectivity index (χ2v) is 9.21. The molecule has 0 saturated carbocycles. The SMILES string of the molecule is CCOC(=O)CCNP(=O)(Oc1ccccc1)Oc1cc(C)c(C)c2sc(N)nc12. The fraction of sp³-hybridized carbons (Fsp3) is 0.300. The summed E-state index contributed by atoms with van der Waals surface area (Å²) in [6.45, 7) is 5.95. The second-order valence-electron chi connectivity index (χ2n) is 6.50. The highest BCUT2D eigenvalue weighted by Gasteiger charge is 2.30. The molecular formula is C20H24N3O5PS. The monoisotopic (exact) mass is 449 g/mol. The van der Waals surface area contributed by atoms with E-state index in [4.69, 9.17) is 19.5 Å². The highest BCUT2D eigenvalue weighted by molar-refractivity contribution is 7.52. The van der Waals surface area contributed by atoms with Gasteiger partial charge >= 0.3 is 13.7 Å². The van der Waals surface area contributed by atoms with Gasteiger partial charge in [0.25, 0.3) is 0 Å². The van der Waals surface area contributed by atoms with Crippen LogP contribution >= 0.6 is 19.1 Å². The van der Waals surface area contributed by atoms with E-state index in [1.165, 1.54) is 11.3 Å². The van der Waals surface area contributed by atoms with Crippen LogP contribution < -0.4 is 19.9 Å². The van der Waals surface area contributed by atoms with Crippen molar-refractivity contribution in [2.45, 2.75) is 27.2 Å². The minimum atomic E-state index is -3.90. The van der Waals surface area contributed by atoms with E-state index in [0.29, 0.717) is 22.1 Å². The van der Waals surface area contributed by atoms with Crippen molar-refractivity contribution in [3.63, 3.8) is 0 Å². The molecule has 0 radical (unpaired) electrons. The summed E-state index contributed by atoms with van der Waals surface area (Å²) in [5.74, 6) is 0.253. The first-order valence-corrected chi connectivity index (χ1v) is 11.8. The molecule has 0 amide bonds. The van der Waals surface area contributed by atoms with Crippen molar-refractivity contribution < 1.29 is 23.1 Å². The average Bonchev–Trinajstić information content (AvgIpc) is 3.09. The van der Waals surface area contributed by atoms with Crippen molar-refractivity contribution in [2.75, 3.05) is 18.9 Å². The van der Waals surface area contributed by atoms with Crippen LogP contribution in [0.4, 0.5) is 5.13 Å². The number of hydrogen-bond acceptors (Lipinski definition) is 8. The van der Waals surface area contributed by atoms with Crippen LogP contribution in [-0.2, 0) is 14.1 Å². The summed E-state index contributed by atoms with van der Waals surface area (Å²) in [6, 6.07) is 10.4. The lowest BCUT2D eigenvalue weighted by Crippen LogP contribution is -2.22. The highest BCUT2D eigenvalue weighted by Crippen LogP contribution is 2.47. The Kier molecular flexibility index (Phi) is 6.97. The Bertz CT molecular complexity index is 1090. The molecule has 1 heterocycles. The highest BCUT2D eigenvalue weighted by atomic mass is 32.1. The molecule has 2 aromatic carbocycles. The number of nitrogens with one attached hydrogen (secondary N) is 1. The van der Waals surface area contributed by atoms with Gasteiger partial charge < -0.3 is 19.5 Å². The van der Waals surface area contributed by atoms with Crippen LogP contribution in [0.15, 0.2) is 36.4 Å². The van der Waals surface area contributed by atoms with Gasteiger partial charge in [-0.3, -0.25) is 4.79 Å². The van der Waals surface area contributed by atoms with Crippen molar-refractivity contribution in [3.8, 4) is 11.5 Å². The summed E-state index contributed by atoms with van der Waals surface area (Å²) >= 11 is 1.34. The summed E-state index contributed by atoms with van der Waals surface area (Å²) in [5.41, 5.74) is 8.38. The van der Waals surface area contributed by atoms with Crippen LogP contribution in [0.25, 0.3) is 10.2 Å². The number of carbonyl (C=O) groups excluding carboxylic acids is 1. The molecule has 0 bridgehead atoms. The van der Waals surface area contributed by atoms with E-state index in [9.17, 15) is 9.36 Å². The van der Waals surface area contributed by atoms with Crippen LogP contribution in [0, 0.1) is 13.8 Å². The number of esters is 1. The predicted octanol–water partition coefficient (Wildman–Crippen LogP) is 4.60. The molecular weight excluding hydrogens is 425 g/mol. The zero-order chi connectivity index (χ0) is 21.7. The van der Waals surface area contributed by atoms with Crippen LogP contribution in [0.2, 0.25) is 0 Å². The summed E-state index contributed by atoms with van der Waals surface area (Å²) in [5, 5.41) is 3.13. The smallest absolute Gasteiger partial charge is 0.466 e. The largest absolute Gasteiger partial charge is 0.512 e. The van der Waals surface area contributed by atoms with Gasteiger partial charge in [-0.15, -0.1) is 0 Å². The fourth-order valence-corrected chi connectivity index (χ4v) is 4.99. The fourth-order valence-electron chi connectivity index (χ4n) is 2.74. The number of ether oxygens (including phenoxy) is 1. The molecule has 1 atom stereocenters. The number of aromatic nitrogens is 1. The van der Waals surface area contributed by atoms with Gasteiger partial charge in [-0.1, -0.05) is 29.5 Å². The van der Waals surface area contributed by atoms with Gasteiger partial charge in [0.15, 0.2) is 10.9 Å². The van der Waals surface area contributed by atoms with Crippen molar-refractivity contribution in [1.82, 2.24) is 10.1 Å². The molecule has 0 spiro atoms. The number of benzene rings is 2. The van der Waals surface area contributed by atoms with E-state index in [-0.39, 0.29) is 19.6 Å². The number of carbonyl (C=O) groups is 1. The lowest BCUT2D eigenvalue weighted by Gasteiger charge is -2.21. The first-order chi connectivity index (χ1) is 14.3. The molecule has 30 heavy (non-hydrogen) atoms. The number of hydrogen-bond donors (Lipinski definition) is 2. The third kappa shape index (κ3) is 5.30. The van der Waals surface area contributed by atoms with Gasteiger partial charge in [0.1, 0.15) is 11.3 Å². The standard InChI is InChI=1S/C20H24N3O5PS/c1-4-26-17(24)10-11-22-29(25,27-15-8-6-5-7-9-15)28-16-12-13(2)14(3)19-18(16)23-20(21)30-19/h5-9,12H,4,10-11H2,1-3H3,(H2,21,23)(H,22,25). The van der Waals surface area contributed by atoms with Crippen LogP contribution in [0.3, 0.4) is 0 Å². The molecule has 160 valence electrons. The molecule has 3 aromatic rings. The summed E-state index contributed by atoms with van der Waals surface area (Å²) in [4.78, 5) is 16.0. The zero-order valence-electron chi connectivity index (χ0n) is 17.0. The third-order valence-corrected chi connectivity index (χ3v) is 6.79. The van der Waals surface area contributed by atoms with Crippen molar-refractivity contribution in [3.05, 3.63) is 47.5 Å². The van der Waals surface area contributed by atoms with Crippen molar-refractivity contribution in [1.29, 1.82) is 0 Å². The lowest BCUT2D eigenvalue weighted by molar-refractivity contribution is -0.142. The maximum absolute atomic E-state index is 13.6. The maximum atomic E-state index is 13.6. The Labute approximate surface area is 178 Å². The van der Waals surface area contributed by atoms with E-state index in [0.717, 1.165) is 15.8 Å². The molecule has 0 aliphatic heterocycles. The van der Waals surface area contributed by atoms with E-state index >= 15 is 0 Å². The van der Waals surface area contributed by atoms with Gasteiger partial charge in [-0.25, -0.2) is 14.6 Å². The summed E-state index contributed by atoms with van der Waals surface area (Å²) in [7, 11) is -3.90. The number of nitrogens with two attached hydrogens (primary N) is 1. The molecule has 0 fully saturated rings. The van der Waals surface area contributed by atoms with Crippen molar-refractivity contribution in [2.24, 2.45) is 0 Å². The molecule has 0 aliphatic carbocycles. The minimum absolute atomic E-state index is 0.0192. The van der Waals surface area contributed by atoms with Crippen molar-refractivity contribution >= 4 is 40.4 Å². The molecule has 0 saturated heterocycles. The normalized spacial score (nSPS) is 13.0. The van der Waals surface area contributed by atoms with E-state index < -0.39 is 13.7 Å². The molecule has 1 unspecified atom stereocenters. The van der Waals surface area contributed by atoms with Crippen LogP contribution in [-0.4, -0.2) is 24.1 Å². The quantitative estimate of drug-likeness (QED) is 0.360. The van der Waals surface area contributed by atoms with Gasteiger partial charge in [-0.2, -0.15) is 0 Å². The van der Waals surface area contributed by atoms with Crippen LogP contribution in [0.1, 0.15) is 24.5 Å². The Morgan fingerprint density at radius 3 is 2.67 bits per heavy atom. The molecule has 3 N–H and O–H groups in total. The second kappa shape index (κ2) is 9.47. The third-order valence-electron chi connectivity index (χ3n) is 4.28. The Morgan fingerprint density at radius 2 is 1.97 bits per heavy atom. The number of aryl methyl sites for hydroxylation is 2. The number of thiazole rings is 1. The number of fused-ring (bicyclic) bond motifs is 1. The number of para-hydroxylation sites is 1. The first kappa shape index (κ1) is 22.1. The number of anilines is 1. The number of nitrogen functional groups attached to an aromatic ring is 1. The maximum Gasteiger partial charge on any atom is 0.512 e. The number of nitrogens with zero attached hydrogens (tertiary/aromatic N) is 1. The van der Waals surface area contributed by atoms with Crippen LogP contribution in [0.5, 0.6) is 11.5 Å². The van der Waals surface area contributed by atoms with Gasteiger partial charge in [0, 0.05) is 6.54 Å². The molecule has 1 aromatic heterocycles. The van der Waals surface area contributed by atoms with Gasteiger partial charge in [0.2, 0.25) is 0 Å².